The molecule has 312 valence electrons. The lowest BCUT2D eigenvalue weighted by Gasteiger charge is -2.35. The van der Waals surface area contributed by atoms with Crippen LogP contribution in [0.15, 0.2) is 255 Å². The van der Waals surface area contributed by atoms with Crippen LogP contribution < -0.4 is 4.90 Å². The number of hydrogen-bond donors (Lipinski definition) is 0. The number of nitrogens with zero attached hydrogens (tertiary/aromatic N) is 1. The van der Waals surface area contributed by atoms with Crippen molar-refractivity contribution in [3.05, 3.63) is 283 Å². The van der Waals surface area contributed by atoms with E-state index < -0.39 is 5.41 Å². The number of anilines is 3. The summed E-state index contributed by atoms with van der Waals surface area (Å²) in [7, 11) is 0. The van der Waals surface area contributed by atoms with Gasteiger partial charge in [0.15, 0.2) is 0 Å². The SMILES string of the molecule is C=CC1=C(/C=C\C)c2ccc(N(c3ccc(-c4ccc(C(/C=C\C)=C/C)cc4)cc3)c3ccc(-c4cccc5ccc6ccccc6c45)cc3)cc2C1(c1ccccc1)c1ccccc1. The van der Waals surface area contributed by atoms with Gasteiger partial charge in [-0.15, -0.1) is 0 Å². The van der Waals surface area contributed by atoms with Gasteiger partial charge in [0.05, 0.1) is 5.41 Å². The Bertz CT molecular complexity index is 3270. The number of rotatable bonds is 11. The van der Waals surface area contributed by atoms with Gasteiger partial charge in [-0.05, 0) is 146 Å². The van der Waals surface area contributed by atoms with Crippen LogP contribution in [-0.2, 0) is 5.41 Å². The number of hydrogen-bond acceptors (Lipinski definition) is 1. The number of benzene rings is 9. The maximum absolute atomic E-state index is 4.48. The molecule has 0 aromatic heterocycles. The molecule has 65 heavy (non-hydrogen) atoms. The fourth-order valence-electron chi connectivity index (χ4n) is 10.2. The highest BCUT2D eigenvalue weighted by atomic mass is 15.1. The molecule has 0 amide bonds. The second kappa shape index (κ2) is 17.6. The molecule has 1 heteroatoms. The van der Waals surface area contributed by atoms with E-state index in [-0.39, 0.29) is 0 Å². The van der Waals surface area contributed by atoms with Gasteiger partial charge in [0.2, 0.25) is 0 Å². The Labute approximate surface area is 384 Å². The van der Waals surface area contributed by atoms with E-state index in [1.54, 1.807) is 0 Å². The summed E-state index contributed by atoms with van der Waals surface area (Å²) < 4.78 is 0. The average molecular weight is 834 g/mol. The van der Waals surface area contributed by atoms with Crippen LogP contribution in [0, 0.1) is 0 Å². The smallest absolute Gasteiger partial charge is 0.0714 e. The summed E-state index contributed by atoms with van der Waals surface area (Å²) in [5, 5.41) is 5.03. The van der Waals surface area contributed by atoms with Crippen LogP contribution >= 0.6 is 0 Å². The molecule has 0 fully saturated rings. The summed E-state index contributed by atoms with van der Waals surface area (Å²) >= 11 is 0. The van der Waals surface area contributed by atoms with Crippen molar-refractivity contribution >= 4 is 49.8 Å². The Hall–Kier alpha value is -8.00. The van der Waals surface area contributed by atoms with Crippen molar-refractivity contribution in [1.82, 2.24) is 0 Å². The van der Waals surface area contributed by atoms with Gasteiger partial charge in [-0.1, -0.05) is 213 Å². The van der Waals surface area contributed by atoms with Crippen molar-refractivity contribution in [2.45, 2.75) is 26.2 Å². The Balaban J connectivity index is 1.15. The maximum Gasteiger partial charge on any atom is 0.0714 e. The third-order valence-electron chi connectivity index (χ3n) is 13.1. The van der Waals surface area contributed by atoms with Gasteiger partial charge in [-0.3, -0.25) is 0 Å². The molecule has 1 nitrogen and oxygen atoms in total. The number of allylic oxidation sites excluding steroid dienone is 9. The summed E-state index contributed by atoms with van der Waals surface area (Å²) in [4.78, 5) is 2.41. The Morgan fingerprint density at radius 2 is 1.06 bits per heavy atom. The van der Waals surface area contributed by atoms with E-state index in [1.807, 2.05) is 0 Å². The van der Waals surface area contributed by atoms with Crippen molar-refractivity contribution in [2.24, 2.45) is 0 Å². The number of fused-ring (bicyclic) bond motifs is 4. The summed E-state index contributed by atoms with van der Waals surface area (Å²) in [6.07, 6.45) is 12.9. The van der Waals surface area contributed by atoms with Crippen molar-refractivity contribution < 1.29 is 0 Å². The van der Waals surface area contributed by atoms with Crippen LogP contribution in [0.5, 0.6) is 0 Å². The fourth-order valence-corrected chi connectivity index (χ4v) is 10.2. The zero-order chi connectivity index (χ0) is 44.3. The van der Waals surface area contributed by atoms with E-state index in [2.05, 4.69) is 275 Å². The Morgan fingerprint density at radius 1 is 0.492 bits per heavy atom. The molecular weight excluding hydrogens is 783 g/mol. The first-order valence-electron chi connectivity index (χ1n) is 22.6. The molecule has 0 spiro atoms. The van der Waals surface area contributed by atoms with Crippen LogP contribution in [0.25, 0.3) is 54.9 Å². The van der Waals surface area contributed by atoms with Gasteiger partial charge in [0.25, 0.3) is 0 Å². The quantitative estimate of drug-likeness (QED) is 0.0927. The molecule has 0 aliphatic heterocycles. The van der Waals surface area contributed by atoms with E-state index in [1.165, 1.54) is 88.3 Å². The average Bonchev–Trinajstić information content (AvgIpc) is 3.65. The van der Waals surface area contributed by atoms with E-state index in [9.17, 15) is 0 Å². The van der Waals surface area contributed by atoms with Crippen molar-refractivity contribution in [1.29, 1.82) is 0 Å². The molecule has 0 radical (unpaired) electrons. The summed E-state index contributed by atoms with van der Waals surface area (Å²) in [5.41, 5.74) is 17.1. The van der Waals surface area contributed by atoms with Crippen molar-refractivity contribution in [2.75, 3.05) is 4.90 Å². The molecule has 1 aliphatic carbocycles. The molecule has 9 aromatic rings. The molecule has 0 bridgehead atoms. The molecule has 9 aromatic carbocycles. The summed E-state index contributed by atoms with van der Waals surface area (Å²) in [5.74, 6) is 0. The van der Waals surface area contributed by atoms with E-state index in [0.29, 0.717) is 0 Å². The van der Waals surface area contributed by atoms with Crippen LogP contribution in [0.3, 0.4) is 0 Å². The first-order chi connectivity index (χ1) is 32.1. The standard InChI is InChI=1S/C64H51N/c1-5-18-45(7-3)46-28-30-47(31-29-46)48-34-38-54(39-35-48)65(55-40-36-50(37-41-55)58-27-17-21-51-33-32-49-20-15-16-26-57(49)63(51)58)56-42-43-60-59(19-6-2)61(8-4)64(62(60)44-56,52-22-11-9-12-23-52)53-24-13-10-14-25-53/h5-44H,4H2,1-3H3/b18-5-,19-6-,45-7+. The van der Waals surface area contributed by atoms with Crippen LogP contribution in [0.2, 0.25) is 0 Å². The lowest BCUT2D eigenvalue weighted by Crippen LogP contribution is -2.29. The van der Waals surface area contributed by atoms with E-state index >= 15 is 0 Å². The first-order valence-corrected chi connectivity index (χ1v) is 22.6. The first kappa shape index (κ1) is 41.0. The minimum Gasteiger partial charge on any atom is -0.310 e. The van der Waals surface area contributed by atoms with Gasteiger partial charge in [0, 0.05) is 17.1 Å². The lowest BCUT2D eigenvalue weighted by molar-refractivity contribution is 0.762. The predicted octanol–water partition coefficient (Wildman–Crippen LogP) is 17.6. The van der Waals surface area contributed by atoms with E-state index in [4.69, 9.17) is 0 Å². The minimum absolute atomic E-state index is 0.590. The molecule has 0 N–H and O–H groups in total. The second-order valence-corrected chi connectivity index (χ2v) is 16.7. The normalized spacial score (nSPS) is 13.6. The fraction of sp³-hybridized carbons (Fsp3) is 0.0625. The summed E-state index contributed by atoms with van der Waals surface area (Å²) in [6, 6.07) is 75.8. The van der Waals surface area contributed by atoms with Gasteiger partial charge in [-0.2, -0.15) is 0 Å². The zero-order valence-electron chi connectivity index (χ0n) is 37.2. The molecule has 0 saturated heterocycles. The van der Waals surface area contributed by atoms with E-state index in [0.717, 1.165) is 17.1 Å². The highest BCUT2D eigenvalue weighted by Crippen LogP contribution is 2.56. The molecule has 0 atom stereocenters. The monoisotopic (exact) mass is 833 g/mol. The Morgan fingerprint density at radius 3 is 1.68 bits per heavy atom. The van der Waals surface area contributed by atoms with Gasteiger partial charge in [0.1, 0.15) is 0 Å². The highest BCUT2D eigenvalue weighted by Gasteiger charge is 2.46. The maximum atomic E-state index is 4.48. The molecule has 1 aliphatic rings. The van der Waals surface area contributed by atoms with Crippen molar-refractivity contribution in [3.8, 4) is 22.3 Å². The molecule has 0 unspecified atom stereocenters. The topological polar surface area (TPSA) is 3.24 Å². The molecule has 10 rings (SSSR count). The summed E-state index contributed by atoms with van der Waals surface area (Å²) in [6.45, 7) is 10.7. The highest BCUT2D eigenvalue weighted by molar-refractivity contribution is 6.14. The van der Waals surface area contributed by atoms with Gasteiger partial charge in [-0.25, -0.2) is 0 Å². The zero-order valence-corrected chi connectivity index (χ0v) is 37.2. The third kappa shape index (κ3) is 7.16. The van der Waals surface area contributed by atoms with Gasteiger partial charge < -0.3 is 4.90 Å². The minimum atomic E-state index is -0.590. The molecule has 0 saturated carbocycles. The van der Waals surface area contributed by atoms with Crippen LogP contribution in [0.4, 0.5) is 17.1 Å². The van der Waals surface area contributed by atoms with Crippen LogP contribution in [0.1, 0.15) is 48.6 Å². The largest absolute Gasteiger partial charge is 0.310 e. The Kier molecular flexibility index (Phi) is 11.1. The predicted molar refractivity (Wildman–Crippen MR) is 280 cm³/mol. The van der Waals surface area contributed by atoms with Crippen molar-refractivity contribution in [3.63, 3.8) is 0 Å². The van der Waals surface area contributed by atoms with Crippen LogP contribution in [-0.4, -0.2) is 0 Å². The molecule has 0 heterocycles. The van der Waals surface area contributed by atoms with Gasteiger partial charge >= 0.3 is 0 Å². The third-order valence-corrected chi connectivity index (χ3v) is 13.1. The second-order valence-electron chi connectivity index (χ2n) is 16.7. The lowest BCUT2D eigenvalue weighted by atomic mass is 9.66. The molecular formula is C64H51N.